The van der Waals surface area contributed by atoms with Gasteiger partial charge in [-0.2, -0.15) is 0 Å². The van der Waals surface area contributed by atoms with Crippen molar-refractivity contribution in [2.75, 3.05) is 42.9 Å². The van der Waals surface area contributed by atoms with Crippen molar-refractivity contribution in [2.45, 2.75) is 90.9 Å². The lowest BCUT2D eigenvalue weighted by molar-refractivity contribution is -0.130. The number of hydrogen-bond acceptors (Lipinski definition) is 10. The third-order valence-corrected chi connectivity index (χ3v) is 10.2. The van der Waals surface area contributed by atoms with E-state index in [0.717, 1.165) is 29.5 Å². The molecule has 1 saturated heterocycles. The van der Waals surface area contributed by atoms with Gasteiger partial charge >= 0.3 is 12.2 Å². The summed E-state index contributed by atoms with van der Waals surface area (Å²) in [5.74, 6) is -0.0856. The SMILES string of the molecule is CC(C)(C)OC(=O)NCC1CCC(C(=O)N[C@@H](Cc2cccc(-c3cnc(N4CCN(C(=O)OC(C)(C)C)CC4)nc3)c2)C(=O)Nc2ccc3c(=O)[nH][nH]c3c2)CC1. The first-order valence-electron chi connectivity index (χ1n) is 19.9. The number of carbonyl (C=O) groups is 4. The minimum atomic E-state index is -0.909. The zero-order valence-electron chi connectivity index (χ0n) is 34.1. The molecule has 1 saturated carbocycles. The number of anilines is 2. The molecule has 0 unspecified atom stereocenters. The molecule has 1 aliphatic carbocycles. The van der Waals surface area contributed by atoms with Gasteiger partial charge in [-0.1, -0.05) is 24.3 Å². The van der Waals surface area contributed by atoms with E-state index in [4.69, 9.17) is 9.47 Å². The Morgan fingerprint density at radius 3 is 2.21 bits per heavy atom. The summed E-state index contributed by atoms with van der Waals surface area (Å²) >= 11 is 0. The molecule has 6 rings (SSSR count). The number of piperazine rings is 1. The van der Waals surface area contributed by atoms with Crippen molar-refractivity contribution in [2.24, 2.45) is 11.8 Å². The van der Waals surface area contributed by atoms with Gasteiger partial charge in [0.25, 0.3) is 5.56 Å². The summed E-state index contributed by atoms with van der Waals surface area (Å²) in [4.78, 5) is 77.4. The first-order chi connectivity index (χ1) is 27.5. The average Bonchev–Trinajstić information content (AvgIpc) is 3.55. The van der Waals surface area contributed by atoms with Crippen molar-refractivity contribution < 1.29 is 28.7 Å². The number of aromatic nitrogens is 4. The summed E-state index contributed by atoms with van der Waals surface area (Å²) in [5, 5.41) is 14.6. The Morgan fingerprint density at radius 1 is 0.845 bits per heavy atom. The number of rotatable bonds is 10. The summed E-state index contributed by atoms with van der Waals surface area (Å²) in [6.45, 7) is 13.6. The minimum absolute atomic E-state index is 0.198. The quantitative estimate of drug-likeness (QED) is 0.139. The van der Waals surface area contributed by atoms with E-state index in [2.05, 4.69) is 36.1 Å². The third kappa shape index (κ3) is 11.3. The molecule has 1 aliphatic heterocycles. The fraction of sp³-hybridized carbons (Fsp3) is 0.500. The van der Waals surface area contributed by atoms with E-state index in [1.807, 2.05) is 70.7 Å². The normalized spacial score (nSPS) is 18.0. The molecule has 0 spiro atoms. The lowest BCUT2D eigenvalue weighted by Gasteiger charge is -2.35. The molecule has 5 N–H and O–H groups in total. The van der Waals surface area contributed by atoms with Gasteiger partial charge < -0.3 is 35.2 Å². The van der Waals surface area contributed by atoms with Crippen LogP contribution in [0.4, 0.5) is 21.2 Å². The number of alkyl carbamates (subject to hydrolysis) is 1. The monoisotopic (exact) mass is 797 g/mol. The van der Waals surface area contributed by atoms with Crippen molar-refractivity contribution in [1.29, 1.82) is 0 Å². The van der Waals surface area contributed by atoms with Crippen LogP contribution in [0.3, 0.4) is 0 Å². The van der Waals surface area contributed by atoms with Crippen LogP contribution in [0, 0.1) is 11.8 Å². The zero-order chi connectivity index (χ0) is 41.6. The molecule has 310 valence electrons. The molecule has 2 fully saturated rings. The average molecular weight is 798 g/mol. The van der Waals surface area contributed by atoms with Gasteiger partial charge in [0.15, 0.2) is 0 Å². The van der Waals surface area contributed by atoms with Crippen LogP contribution in [-0.4, -0.2) is 99.0 Å². The van der Waals surface area contributed by atoms with Crippen LogP contribution >= 0.6 is 0 Å². The van der Waals surface area contributed by atoms with Crippen LogP contribution in [0.5, 0.6) is 0 Å². The van der Waals surface area contributed by atoms with Gasteiger partial charge in [0.2, 0.25) is 17.8 Å². The predicted molar refractivity (Wildman–Crippen MR) is 220 cm³/mol. The van der Waals surface area contributed by atoms with Crippen molar-refractivity contribution in [3.05, 3.63) is 70.8 Å². The third-order valence-electron chi connectivity index (χ3n) is 10.2. The summed E-state index contributed by atoms with van der Waals surface area (Å²) in [6.07, 6.45) is 5.71. The number of carbonyl (C=O) groups excluding carboxylic acids is 4. The Labute approximate surface area is 337 Å². The van der Waals surface area contributed by atoms with E-state index < -0.39 is 29.2 Å². The Bertz CT molecular complexity index is 2140. The van der Waals surface area contributed by atoms with Crippen LogP contribution in [0.15, 0.2) is 59.7 Å². The van der Waals surface area contributed by atoms with Crippen molar-refractivity contribution in [3.8, 4) is 11.1 Å². The lowest BCUT2D eigenvalue weighted by Crippen LogP contribution is -2.50. The maximum atomic E-state index is 13.9. The molecule has 2 aliphatic rings. The van der Waals surface area contributed by atoms with Gasteiger partial charge in [-0.15, -0.1) is 0 Å². The van der Waals surface area contributed by atoms with Gasteiger partial charge in [0.1, 0.15) is 17.2 Å². The van der Waals surface area contributed by atoms with Gasteiger partial charge in [-0.25, -0.2) is 19.6 Å². The van der Waals surface area contributed by atoms with Crippen LogP contribution in [0.2, 0.25) is 0 Å². The molecular formula is C42H55N9O7. The summed E-state index contributed by atoms with van der Waals surface area (Å²) < 4.78 is 10.9. The fourth-order valence-corrected chi connectivity index (χ4v) is 7.18. The topological polar surface area (TPSA) is 204 Å². The molecule has 58 heavy (non-hydrogen) atoms. The number of nitrogens with one attached hydrogen (secondary N) is 5. The van der Waals surface area contributed by atoms with E-state index in [-0.39, 0.29) is 35.8 Å². The molecule has 4 aromatic rings. The Balaban J connectivity index is 1.10. The van der Waals surface area contributed by atoms with Crippen molar-refractivity contribution >= 4 is 46.5 Å². The second kappa shape index (κ2) is 17.7. The first-order valence-corrected chi connectivity index (χ1v) is 19.9. The predicted octanol–water partition coefficient (Wildman–Crippen LogP) is 5.37. The maximum Gasteiger partial charge on any atom is 0.410 e. The Hall–Kier alpha value is -5.93. The highest BCUT2D eigenvalue weighted by atomic mass is 16.6. The number of H-pyrrole nitrogens is 2. The Morgan fingerprint density at radius 2 is 1.53 bits per heavy atom. The van der Waals surface area contributed by atoms with E-state index in [1.54, 1.807) is 35.5 Å². The van der Waals surface area contributed by atoms with Crippen molar-refractivity contribution in [3.63, 3.8) is 0 Å². The number of fused-ring (bicyclic) bond motifs is 1. The second-order valence-electron chi connectivity index (χ2n) is 17.1. The number of aromatic amines is 2. The summed E-state index contributed by atoms with van der Waals surface area (Å²) in [6, 6.07) is 11.8. The standard InChI is InChI=1S/C42H55N9O7/c1-41(2,3)57-39(55)45-23-26-10-12-28(13-11-26)35(52)47-34(37(54)46-31-14-15-32-33(22-31)48-49-36(32)53)21-27-8-7-9-29(20-27)30-24-43-38(44-25-30)50-16-18-51(19-17-50)40(56)58-42(4,5)6/h7-9,14-15,20,22,24-26,28,34H,10-13,16-19,21,23H2,1-6H3,(H,45,55)(H,46,54)(H,47,52)(H2,48,49,53)/t26?,28?,34-/m0/s1. The molecule has 16 heteroatoms. The number of hydrogen-bond donors (Lipinski definition) is 5. The molecule has 3 heterocycles. The van der Waals surface area contributed by atoms with Gasteiger partial charge in [0, 0.05) is 68.7 Å². The maximum absolute atomic E-state index is 13.9. The molecule has 2 aromatic carbocycles. The molecule has 0 bridgehead atoms. The summed E-state index contributed by atoms with van der Waals surface area (Å²) in [7, 11) is 0. The van der Waals surface area contributed by atoms with Crippen molar-refractivity contribution in [1.82, 2.24) is 35.7 Å². The largest absolute Gasteiger partial charge is 0.444 e. The number of benzene rings is 2. The molecular weight excluding hydrogens is 743 g/mol. The minimum Gasteiger partial charge on any atom is -0.444 e. The highest BCUT2D eigenvalue weighted by Crippen LogP contribution is 2.29. The van der Waals surface area contributed by atoms with E-state index >= 15 is 0 Å². The van der Waals surface area contributed by atoms with Gasteiger partial charge in [0.05, 0.1) is 10.9 Å². The van der Waals surface area contributed by atoms with E-state index in [9.17, 15) is 24.0 Å². The van der Waals surface area contributed by atoms with Gasteiger partial charge in [-0.3, -0.25) is 24.6 Å². The highest BCUT2D eigenvalue weighted by molar-refractivity contribution is 5.99. The van der Waals surface area contributed by atoms with Crippen LogP contribution in [0.25, 0.3) is 22.0 Å². The smallest absolute Gasteiger partial charge is 0.410 e. The fourth-order valence-electron chi connectivity index (χ4n) is 7.18. The number of ether oxygens (including phenoxy) is 2. The van der Waals surface area contributed by atoms with E-state index in [1.165, 1.54) is 0 Å². The van der Waals surface area contributed by atoms with Crippen LogP contribution in [-0.2, 0) is 25.5 Å². The zero-order valence-corrected chi connectivity index (χ0v) is 34.1. The van der Waals surface area contributed by atoms with Crippen LogP contribution < -0.4 is 26.4 Å². The van der Waals surface area contributed by atoms with Crippen LogP contribution in [0.1, 0.15) is 72.8 Å². The lowest BCUT2D eigenvalue weighted by atomic mass is 9.81. The summed E-state index contributed by atoms with van der Waals surface area (Å²) in [5.41, 5.74) is 2.08. The molecule has 1 atom stereocenters. The molecule has 2 aromatic heterocycles. The Kier molecular flexibility index (Phi) is 12.7. The second-order valence-corrected chi connectivity index (χ2v) is 17.1. The van der Waals surface area contributed by atoms with Gasteiger partial charge in [-0.05, 0) is 102 Å². The highest BCUT2D eigenvalue weighted by Gasteiger charge is 2.31. The number of amides is 4. The first kappa shape index (κ1) is 41.7. The molecule has 0 radical (unpaired) electrons. The molecule has 4 amide bonds. The van der Waals surface area contributed by atoms with E-state index in [0.29, 0.717) is 68.1 Å². The molecule has 16 nitrogen and oxygen atoms in total. The number of nitrogens with zero attached hydrogens (tertiary/aromatic N) is 4.